The van der Waals surface area contributed by atoms with Gasteiger partial charge in [0.1, 0.15) is 0 Å². The number of hydrogen-bond acceptors (Lipinski definition) is 6. The van der Waals surface area contributed by atoms with Crippen molar-refractivity contribution in [3.8, 4) is 11.8 Å². The van der Waals surface area contributed by atoms with Crippen LogP contribution in [0.2, 0.25) is 0 Å². The SMILES string of the molecule is O=C(CCCC[C@@H]1SC[C@@H]2NC(=O)N[C@@H]21)NCCOCCOCCNC(=O)C1(F)C#CCCCCC1. The molecule has 9 nitrogen and oxygen atoms in total. The summed E-state index contributed by atoms with van der Waals surface area (Å²) in [7, 11) is 0. The van der Waals surface area contributed by atoms with Gasteiger partial charge in [0, 0.05) is 43.4 Å². The van der Waals surface area contributed by atoms with Gasteiger partial charge in [-0.15, -0.1) is 0 Å². The van der Waals surface area contributed by atoms with Crippen LogP contribution in [0, 0.1) is 11.8 Å². The van der Waals surface area contributed by atoms with Crippen LogP contribution in [0.15, 0.2) is 0 Å². The number of unbranched alkanes of at least 4 members (excludes halogenated alkanes) is 1. The van der Waals surface area contributed by atoms with Crippen LogP contribution in [-0.4, -0.2) is 86.1 Å². The molecule has 1 aliphatic carbocycles. The third kappa shape index (κ3) is 9.45. The second-order valence-corrected chi connectivity index (χ2v) is 10.6. The summed E-state index contributed by atoms with van der Waals surface area (Å²) in [5.41, 5.74) is -2.10. The standard InChI is InChI=1S/C25H39FN4O5S/c26-25(10-6-2-1-3-7-11-25)23(32)28-13-15-35-17-16-34-14-12-27-21(31)9-5-4-8-20-22-19(18-36-20)29-24(33)30-22/h19-20,22H,1-6,8-10,12-18H2,(H,27,31)(H,28,32)(H2,29,30,33)/t19-,20-,22-,25?/m0/s1. The lowest BCUT2D eigenvalue weighted by Crippen LogP contribution is -2.44. The molecule has 0 aromatic carbocycles. The van der Waals surface area contributed by atoms with Gasteiger partial charge in [0.05, 0.1) is 38.5 Å². The van der Waals surface area contributed by atoms with Gasteiger partial charge in [-0.2, -0.15) is 11.8 Å². The summed E-state index contributed by atoms with van der Waals surface area (Å²) in [6, 6.07) is 0.380. The fourth-order valence-corrected chi connectivity index (χ4v) is 6.06. The van der Waals surface area contributed by atoms with Gasteiger partial charge in [-0.1, -0.05) is 24.7 Å². The number of amides is 4. The summed E-state index contributed by atoms with van der Waals surface area (Å²) in [5, 5.41) is 11.8. The zero-order chi connectivity index (χ0) is 25.6. The smallest absolute Gasteiger partial charge is 0.315 e. The van der Waals surface area contributed by atoms with E-state index in [1.807, 2.05) is 11.8 Å². The van der Waals surface area contributed by atoms with Crippen LogP contribution < -0.4 is 21.3 Å². The van der Waals surface area contributed by atoms with Gasteiger partial charge < -0.3 is 30.7 Å². The van der Waals surface area contributed by atoms with Crippen LogP contribution >= 0.6 is 11.8 Å². The first kappa shape index (κ1) is 28.5. The van der Waals surface area contributed by atoms with Gasteiger partial charge >= 0.3 is 6.03 Å². The quantitative estimate of drug-likeness (QED) is 0.146. The first-order valence-electron chi connectivity index (χ1n) is 13.1. The predicted octanol–water partition coefficient (Wildman–Crippen LogP) is 1.65. The number of nitrogens with one attached hydrogen (secondary N) is 4. The third-order valence-corrected chi connectivity index (χ3v) is 8.03. The number of alkyl halides is 1. The van der Waals surface area contributed by atoms with E-state index in [0.717, 1.165) is 37.9 Å². The zero-order valence-corrected chi connectivity index (χ0v) is 21.7. The number of carbonyl (C=O) groups is 3. The minimum atomic E-state index is -2.10. The van der Waals surface area contributed by atoms with Crippen LogP contribution in [0.25, 0.3) is 0 Å². The van der Waals surface area contributed by atoms with Crippen molar-refractivity contribution < 1.29 is 28.2 Å². The summed E-state index contributed by atoms with van der Waals surface area (Å²) in [6.07, 6.45) is 6.53. The summed E-state index contributed by atoms with van der Waals surface area (Å²) >= 11 is 1.89. The van der Waals surface area contributed by atoms with Gasteiger partial charge in [-0.05, 0) is 25.7 Å². The van der Waals surface area contributed by atoms with Gasteiger partial charge in [-0.25, -0.2) is 9.18 Å². The van der Waals surface area contributed by atoms with Crippen LogP contribution in [0.3, 0.4) is 0 Å². The zero-order valence-electron chi connectivity index (χ0n) is 20.9. The Hall–Kier alpha value is -2.03. The Labute approximate surface area is 217 Å². The number of hydrogen-bond donors (Lipinski definition) is 4. The molecule has 0 aromatic heterocycles. The molecule has 0 aromatic rings. The molecular weight excluding hydrogens is 487 g/mol. The summed E-state index contributed by atoms with van der Waals surface area (Å²) in [4.78, 5) is 35.5. The van der Waals surface area contributed by atoms with Crippen molar-refractivity contribution in [3.05, 3.63) is 0 Å². The average Bonchev–Trinajstić information content (AvgIpc) is 3.39. The maximum absolute atomic E-state index is 14.7. The molecule has 2 fully saturated rings. The van der Waals surface area contributed by atoms with E-state index >= 15 is 0 Å². The summed E-state index contributed by atoms with van der Waals surface area (Å²) < 4.78 is 25.6. The first-order chi connectivity index (χ1) is 17.5. The topological polar surface area (TPSA) is 118 Å². The largest absolute Gasteiger partial charge is 0.377 e. The van der Waals surface area contributed by atoms with Crippen molar-refractivity contribution in [1.82, 2.24) is 21.3 Å². The minimum Gasteiger partial charge on any atom is -0.377 e. The molecule has 1 unspecified atom stereocenters. The molecular formula is C25H39FN4O5S. The van der Waals surface area contributed by atoms with Crippen LogP contribution in [0.5, 0.6) is 0 Å². The monoisotopic (exact) mass is 526 g/mol. The lowest BCUT2D eigenvalue weighted by molar-refractivity contribution is -0.130. The molecule has 0 radical (unpaired) electrons. The van der Waals surface area contributed by atoms with E-state index in [-0.39, 0.29) is 43.6 Å². The molecule has 3 rings (SSSR count). The summed E-state index contributed by atoms with van der Waals surface area (Å²) in [5.74, 6) is 5.52. The Balaban J connectivity index is 1.10. The Morgan fingerprint density at radius 1 is 1.06 bits per heavy atom. The number of fused-ring (bicyclic) bond motifs is 1. The van der Waals surface area contributed by atoms with E-state index in [0.29, 0.717) is 50.9 Å². The van der Waals surface area contributed by atoms with Crippen molar-refractivity contribution in [3.63, 3.8) is 0 Å². The van der Waals surface area contributed by atoms with Crippen molar-refractivity contribution in [2.75, 3.05) is 45.3 Å². The fourth-order valence-electron chi connectivity index (χ4n) is 4.52. The number of carbonyl (C=O) groups excluding carboxylic acids is 3. The second kappa shape index (κ2) is 15.3. The Kier molecular flexibility index (Phi) is 12.1. The van der Waals surface area contributed by atoms with Gasteiger partial charge in [0.2, 0.25) is 11.6 Å². The molecule has 0 saturated carbocycles. The maximum atomic E-state index is 14.7. The van der Waals surface area contributed by atoms with Gasteiger partial charge in [0.25, 0.3) is 5.91 Å². The minimum absolute atomic E-state index is 0.0120. The van der Waals surface area contributed by atoms with E-state index in [2.05, 4.69) is 33.1 Å². The Bertz CT molecular complexity index is 807. The molecule has 4 N–H and O–H groups in total. The lowest BCUT2D eigenvalue weighted by Gasteiger charge is -2.20. The first-order valence-corrected chi connectivity index (χ1v) is 14.1. The highest BCUT2D eigenvalue weighted by molar-refractivity contribution is 8.00. The van der Waals surface area contributed by atoms with Crippen LogP contribution in [0.4, 0.5) is 9.18 Å². The van der Waals surface area contributed by atoms with Crippen molar-refractivity contribution in [2.24, 2.45) is 0 Å². The number of thioether (sulfide) groups is 1. The van der Waals surface area contributed by atoms with E-state index < -0.39 is 11.6 Å². The normalized spacial score (nSPS) is 27.0. The molecule has 3 aliphatic rings. The van der Waals surface area contributed by atoms with E-state index in [1.165, 1.54) is 0 Å². The molecule has 4 atom stereocenters. The maximum Gasteiger partial charge on any atom is 0.315 e. The molecule has 4 amide bonds. The highest BCUT2D eigenvalue weighted by Gasteiger charge is 2.42. The van der Waals surface area contributed by atoms with Gasteiger partial charge in [0.15, 0.2) is 0 Å². The lowest BCUT2D eigenvalue weighted by atomic mass is 9.94. The molecule has 36 heavy (non-hydrogen) atoms. The molecule has 0 spiro atoms. The average molecular weight is 527 g/mol. The van der Waals surface area contributed by atoms with E-state index in [9.17, 15) is 18.8 Å². The van der Waals surface area contributed by atoms with Crippen molar-refractivity contribution in [2.45, 2.75) is 80.8 Å². The second-order valence-electron chi connectivity index (χ2n) is 9.36. The van der Waals surface area contributed by atoms with Crippen LogP contribution in [0.1, 0.15) is 57.8 Å². The fraction of sp³-hybridized carbons (Fsp3) is 0.800. The number of halogens is 1. The molecule has 2 saturated heterocycles. The Morgan fingerprint density at radius 2 is 1.83 bits per heavy atom. The highest BCUT2D eigenvalue weighted by atomic mass is 32.2. The number of urea groups is 1. The predicted molar refractivity (Wildman–Crippen MR) is 136 cm³/mol. The summed E-state index contributed by atoms with van der Waals surface area (Å²) in [6.45, 7) is 2.03. The van der Waals surface area contributed by atoms with Crippen LogP contribution in [-0.2, 0) is 19.1 Å². The molecule has 202 valence electrons. The number of rotatable bonds is 15. The van der Waals surface area contributed by atoms with E-state index in [1.54, 1.807) is 0 Å². The molecule has 0 bridgehead atoms. The van der Waals surface area contributed by atoms with Crippen molar-refractivity contribution in [1.29, 1.82) is 0 Å². The van der Waals surface area contributed by atoms with Crippen molar-refractivity contribution >= 4 is 29.6 Å². The Morgan fingerprint density at radius 3 is 2.64 bits per heavy atom. The number of ether oxygens (including phenoxy) is 2. The molecule has 2 heterocycles. The highest BCUT2D eigenvalue weighted by Crippen LogP contribution is 2.33. The molecule has 2 aliphatic heterocycles. The van der Waals surface area contributed by atoms with E-state index in [4.69, 9.17) is 9.47 Å². The third-order valence-electron chi connectivity index (χ3n) is 6.52. The van der Waals surface area contributed by atoms with Gasteiger partial charge in [-0.3, -0.25) is 9.59 Å². The molecule has 11 heteroatoms.